The Labute approximate surface area is 154 Å². The van der Waals surface area contributed by atoms with Crippen molar-refractivity contribution >= 4 is 52.1 Å². The van der Waals surface area contributed by atoms with Gasteiger partial charge in [-0.05, 0) is 34.3 Å². The lowest BCUT2D eigenvalue weighted by Gasteiger charge is -2.11. The molecule has 0 atom stereocenters. The third-order valence-electron chi connectivity index (χ3n) is 3.45. The van der Waals surface area contributed by atoms with Crippen LogP contribution < -0.4 is 5.73 Å². The number of hydrogen-bond acceptors (Lipinski definition) is 4. The second-order valence-corrected chi connectivity index (χ2v) is 5.96. The molecule has 1 aliphatic heterocycles. The van der Waals surface area contributed by atoms with Crippen molar-refractivity contribution in [2.75, 3.05) is 12.3 Å². The number of halogens is 1. The molecule has 3 N–H and O–H groups in total. The molecule has 130 valence electrons. The number of unbranched alkanes of at least 4 members (excludes halogenated alkanes) is 1. The predicted molar refractivity (Wildman–Crippen MR) is 102 cm³/mol. The number of nitrogens with zero attached hydrogens (tertiary/aromatic N) is 1. The van der Waals surface area contributed by atoms with Crippen LogP contribution >= 0.6 is 22.6 Å². The minimum Gasteiger partial charge on any atom is -0.478 e. The fourth-order valence-corrected chi connectivity index (χ4v) is 2.56. The summed E-state index contributed by atoms with van der Waals surface area (Å²) in [4.78, 5) is 34.0. The maximum Gasteiger partial charge on any atom is 0.337 e. The Morgan fingerprint density at radius 2 is 1.96 bits per heavy atom. The Morgan fingerprint density at radius 3 is 2.42 bits per heavy atom. The second kappa shape index (κ2) is 10.1. The van der Waals surface area contributed by atoms with E-state index in [-0.39, 0.29) is 17.4 Å². The molecule has 0 saturated carbocycles. The molecule has 0 aliphatic carbocycles. The first-order valence-electron chi connectivity index (χ1n) is 7.63. The summed E-state index contributed by atoms with van der Waals surface area (Å²) in [6.45, 7) is 2.67. The fraction of sp³-hybridized carbons (Fsp3) is 0.353. The summed E-state index contributed by atoms with van der Waals surface area (Å²) >= 11 is 2.09. The van der Waals surface area contributed by atoms with E-state index in [9.17, 15) is 14.4 Å². The van der Waals surface area contributed by atoms with Gasteiger partial charge in [-0.2, -0.15) is 0 Å². The van der Waals surface area contributed by atoms with Crippen LogP contribution in [0.2, 0.25) is 0 Å². The average Bonchev–Trinajstić information content (AvgIpc) is 2.85. The van der Waals surface area contributed by atoms with E-state index in [1.807, 2.05) is 17.1 Å². The Kier molecular flexibility index (Phi) is 8.45. The summed E-state index contributed by atoms with van der Waals surface area (Å²) in [5.41, 5.74) is 6.87. The van der Waals surface area contributed by atoms with Gasteiger partial charge in [-0.15, -0.1) is 0 Å². The molecule has 6 nitrogen and oxygen atoms in total. The molecule has 0 spiro atoms. The van der Waals surface area contributed by atoms with Crippen molar-refractivity contribution in [3.8, 4) is 0 Å². The van der Waals surface area contributed by atoms with Crippen LogP contribution in [0.4, 0.5) is 5.69 Å². The molecule has 0 bridgehead atoms. The van der Waals surface area contributed by atoms with Gasteiger partial charge in [0.05, 0.1) is 5.56 Å². The molecular formula is C17H21IN2O4. The van der Waals surface area contributed by atoms with Crippen molar-refractivity contribution in [3.63, 3.8) is 0 Å². The number of likely N-dealkylation sites (tertiary alicyclic amines) is 1. The molecule has 1 aromatic rings. The third kappa shape index (κ3) is 5.95. The molecule has 7 heteroatoms. The van der Waals surface area contributed by atoms with Crippen molar-refractivity contribution in [1.29, 1.82) is 0 Å². The van der Waals surface area contributed by atoms with E-state index >= 15 is 0 Å². The number of aromatic carboxylic acids is 1. The second-order valence-electron chi connectivity index (χ2n) is 5.24. The minimum absolute atomic E-state index is 0.00319. The quantitative estimate of drug-likeness (QED) is 0.413. The zero-order chi connectivity index (χ0) is 18.1. The van der Waals surface area contributed by atoms with Crippen LogP contribution in [-0.4, -0.2) is 34.3 Å². The number of carbonyl (C=O) groups excluding carboxylic acids is 2. The van der Waals surface area contributed by atoms with Crippen LogP contribution in [0.1, 0.15) is 48.5 Å². The van der Waals surface area contributed by atoms with E-state index < -0.39 is 5.97 Å². The number of anilines is 1. The molecule has 0 radical (unpaired) electrons. The van der Waals surface area contributed by atoms with Crippen LogP contribution in [0.25, 0.3) is 6.08 Å². The number of carboxylic acids is 1. The number of carboxylic acid groups (broad SMARTS) is 1. The largest absolute Gasteiger partial charge is 0.478 e. The molecule has 24 heavy (non-hydrogen) atoms. The number of amides is 2. The van der Waals surface area contributed by atoms with E-state index in [2.05, 4.69) is 22.6 Å². The number of benzene rings is 1. The van der Waals surface area contributed by atoms with Crippen molar-refractivity contribution < 1.29 is 19.5 Å². The van der Waals surface area contributed by atoms with Crippen molar-refractivity contribution in [2.45, 2.75) is 32.6 Å². The smallest absolute Gasteiger partial charge is 0.337 e. The standard InChI is InChI=1S/C9H8INO2.C8H13NO2/c10-4-3-6-1-2-7(9(12)13)8(11)5-6;1-2-3-6-9-7(10)4-5-8(9)11/h1-5H,11H2,(H,12,13);2-6H2,1H3. The lowest BCUT2D eigenvalue weighted by Crippen LogP contribution is -2.29. The van der Waals surface area contributed by atoms with Gasteiger partial charge in [0.25, 0.3) is 0 Å². The predicted octanol–water partition coefficient (Wildman–Crippen LogP) is 3.31. The van der Waals surface area contributed by atoms with E-state index in [0.29, 0.717) is 25.1 Å². The first kappa shape index (κ1) is 20.1. The highest BCUT2D eigenvalue weighted by Crippen LogP contribution is 2.15. The number of carbonyl (C=O) groups is 3. The summed E-state index contributed by atoms with van der Waals surface area (Å²) in [5.74, 6) is -0.991. The first-order chi connectivity index (χ1) is 11.4. The summed E-state index contributed by atoms with van der Waals surface area (Å²) < 4.78 is 1.84. The number of hydrogen-bond donors (Lipinski definition) is 2. The summed E-state index contributed by atoms with van der Waals surface area (Å²) in [6.07, 6.45) is 4.64. The molecule has 1 aliphatic rings. The lowest BCUT2D eigenvalue weighted by molar-refractivity contribution is -0.138. The highest BCUT2D eigenvalue weighted by molar-refractivity contribution is 14.1. The summed E-state index contributed by atoms with van der Waals surface area (Å²) in [6, 6.07) is 4.86. The van der Waals surface area contributed by atoms with Gasteiger partial charge >= 0.3 is 5.97 Å². The fourth-order valence-electron chi connectivity index (χ4n) is 2.14. The van der Waals surface area contributed by atoms with Crippen LogP contribution in [0, 0.1) is 0 Å². The molecule has 1 saturated heterocycles. The summed E-state index contributed by atoms with van der Waals surface area (Å²) in [7, 11) is 0. The number of imide groups is 1. The van der Waals surface area contributed by atoms with Gasteiger partial charge in [-0.25, -0.2) is 4.79 Å². The van der Waals surface area contributed by atoms with Crippen molar-refractivity contribution in [2.24, 2.45) is 0 Å². The van der Waals surface area contributed by atoms with Gasteiger partial charge in [-0.1, -0.05) is 42.0 Å². The highest BCUT2D eigenvalue weighted by Gasteiger charge is 2.27. The SMILES string of the molecule is CCCCN1C(=O)CCC1=O.Nc1cc(C=CI)ccc1C(=O)O. The molecule has 2 rings (SSSR count). The van der Waals surface area contributed by atoms with Crippen LogP contribution in [-0.2, 0) is 9.59 Å². The van der Waals surface area contributed by atoms with E-state index in [1.54, 1.807) is 12.1 Å². The van der Waals surface area contributed by atoms with Crippen LogP contribution in [0.5, 0.6) is 0 Å². The Balaban J connectivity index is 0.000000243. The maximum absolute atomic E-state index is 11.0. The molecule has 2 amide bonds. The monoisotopic (exact) mass is 444 g/mol. The van der Waals surface area contributed by atoms with Gasteiger partial charge in [0.2, 0.25) is 11.8 Å². The van der Waals surface area contributed by atoms with Crippen LogP contribution in [0.3, 0.4) is 0 Å². The number of nitrogens with two attached hydrogens (primary N) is 1. The van der Waals surface area contributed by atoms with Crippen molar-refractivity contribution in [3.05, 3.63) is 33.4 Å². The van der Waals surface area contributed by atoms with Crippen LogP contribution in [0.15, 0.2) is 22.3 Å². The van der Waals surface area contributed by atoms with Gasteiger partial charge in [0, 0.05) is 25.1 Å². The zero-order valence-corrected chi connectivity index (χ0v) is 15.7. The molecular weight excluding hydrogens is 423 g/mol. The molecule has 0 aromatic heterocycles. The molecule has 0 unspecified atom stereocenters. The number of nitrogen functional groups attached to an aromatic ring is 1. The lowest BCUT2D eigenvalue weighted by atomic mass is 10.1. The first-order valence-corrected chi connectivity index (χ1v) is 8.88. The molecule has 1 fully saturated rings. The number of rotatable bonds is 5. The topological polar surface area (TPSA) is 101 Å². The van der Waals surface area contributed by atoms with Gasteiger partial charge < -0.3 is 10.8 Å². The van der Waals surface area contributed by atoms with Gasteiger partial charge in [0.1, 0.15) is 0 Å². The van der Waals surface area contributed by atoms with Gasteiger partial charge in [-0.3, -0.25) is 14.5 Å². The zero-order valence-electron chi connectivity index (χ0n) is 13.5. The Morgan fingerprint density at radius 1 is 1.33 bits per heavy atom. The Bertz CT molecular complexity index is 627. The van der Waals surface area contributed by atoms with E-state index in [1.165, 1.54) is 11.0 Å². The van der Waals surface area contributed by atoms with E-state index in [4.69, 9.17) is 10.8 Å². The van der Waals surface area contributed by atoms with E-state index in [0.717, 1.165) is 18.4 Å². The third-order valence-corrected chi connectivity index (χ3v) is 3.81. The molecule has 1 aromatic carbocycles. The van der Waals surface area contributed by atoms with Gasteiger partial charge in [0.15, 0.2) is 0 Å². The van der Waals surface area contributed by atoms with Crippen molar-refractivity contribution in [1.82, 2.24) is 4.90 Å². The minimum atomic E-state index is -0.998. The highest BCUT2D eigenvalue weighted by atomic mass is 127. The summed E-state index contributed by atoms with van der Waals surface area (Å²) in [5, 5.41) is 8.69. The maximum atomic E-state index is 11.0. The normalized spacial score (nSPS) is 14.0. The average molecular weight is 444 g/mol. The molecule has 1 heterocycles. The Hall–Kier alpha value is -1.90.